The topological polar surface area (TPSA) is 104 Å². The average Bonchev–Trinajstić information content (AvgIpc) is 3.09. The van der Waals surface area contributed by atoms with E-state index < -0.39 is 28.0 Å². The van der Waals surface area contributed by atoms with Crippen molar-refractivity contribution in [2.45, 2.75) is 231 Å². The molecule has 0 aliphatic heterocycles. The molecule has 51 heavy (non-hydrogen) atoms. The number of aliphatic hydroxyl groups is 1. The summed E-state index contributed by atoms with van der Waals surface area (Å²) < 4.78 is 32.5. The van der Waals surface area contributed by atoms with Gasteiger partial charge in [-0.3, -0.25) is 9.35 Å². The van der Waals surface area contributed by atoms with Crippen molar-refractivity contribution < 1.29 is 22.9 Å². The number of rotatable bonds is 39. The van der Waals surface area contributed by atoms with Gasteiger partial charge >= 0.3 is 0 Å². The Kier molecular flexibility index (Phi) is 37.2. The van der Waals surface area contributed by atoms with E-state index in [-0.39, 0.29) is 12.3 Å². The Hall–Kier alpha value is -1.44. The highest BCUT2D eigenvalue weighted by Crippen LogP contribution is 2.15. The highest BCUT2D eigenvalue weighted by molar-refractivity contribution is 7.85. The van der Waals surface area contributed by atoms with Crippen LogP contribution in [0.15, 0.2) is 36.5 Å². The van der Waals surface area contributed by atoms with Gasteiger partial charge in [-0.05, 0) is 51.4 Å². The molecule has 6 nitrogen and oxygen atoms in total. The number of nitrogens with one attached hydrogen (secondary N) is 1. The molecule has 0 bridgehead atoms. The Morgan fingerprint density at radius 2 is 0.882 bits per heavy atom. The first-order valence-electron chi connectivity index (χ1n) is 21.7. The fraction of sp³-hybridized carbons (Fsp3) is 0.841. The molecule has 0 aromatic carbocycles. The molecular formula is C44H83NO5S. The molecule has 0 aromatic heterocycles. The summed E-state index contributed by atoms with van der Waals surface area (Å²) in [4.78, 5) is 12.5. The first-order valence-corrected chi connectivity index (χ1v) is 23.3. The van der Waals surface area contributed by atoms with Gasteiger partial charge in [0.05, 0.1) is 17.9 Å². The van der Waals surface area contributed by atoms with Gasteiger partial charge in [-0.1, -0.05) is 198 Å². The lowest BCUT2D eigenvalue weighted by molar-refractivity contribution is -0.122. The minimum absolute atomic E-state index is 0.285. The lowest BCUT2D eigenvalue weighted by atomic mass is 10.0. The summed E-state index contributed by atoms with van der Waals surface area (Å²) in [6.07, 6.45) is 49.8. The molecule has 0 heterocycles. The normalized spacial score (nSPS) is 13.6. The first-order chi connectivity index (χ1) is 24.8. The van der Waals surface area contributed by atoms with E-state index in [1.165, 1.54) is 141 Å². The van der Waals surface area contributed by atoms with Crippen LogP contribution in [0, 0.1) is 0 Å². The molecule has 0 saturated heterocycles. The molecule has 0 spiro atoms. The van der Waals surface area contributed by atoms with Gasteiger partial charge in [0.1, 0.15) is 0 Å². The van der Waals surface area contributed by atoms with Crippen molar-refractivity contribution in [3.8, 4) is 0 Å². The van der Waals surface area contributed by atoms with Crippen molar-refractivity contribution in [1.82, 2.24) is 5.32 Å². The summed E-state index contributed by atoms with van der Waals surface area (Å²) in [5.41, 5.74) is 0. The predicted molar refractivity (Wildman–Crippen MR) is 221 cm³/mol. The second-order valence-electron chi connectivity index (χ2n) is 15.0. The van der Waals surface area contributed by atoms with Crippen LogP contribution in [0.5, 0.6) is 0 Å². The third kappa shape index (κ3) is 39.6. The number of carbonyl (C=O) groups is 1. The van der Waals surface area contributed by atoms with Crippen LogP contribution in [0.1, 0.15) is 219 Å². The van der Waals surface area contributed by atoms with Gasteiger partial charge in [0.2, 0.25) is 5.91 Å². The summed E-state index contributed by atoms with van der Waals surface area (Å²) in [6.45, 7) is 4.51. The van der Waals surface area contributed by atoms with Gasteiger partial charge in [-0.25, -0.2) is 0 Å². The Bertz CT molecular complexity index is 945. The van der Waals surface area contributed by atoms with Crippen molar-refractivity contribution in [3.05, 3.63) is 36.5 Å². The predicted octanol–water partition coefficient (Wildman–Crippen LogP) is 12.9. The number of hydrogen-bond donors (Lipinski definition) is 3. The standard InChI is InChI=1S/C44H83NO5S/c1-3-5-7-9-11-13-15-17-19-21-22-24-25-27-29-31-33-35-37-39-43(46)42(41-51(48,49)50)45-44(47)40-38-36-34-32-30-28-26-23-20-18-16-14-12-10-8-6-4-2/h12,14,18,20,37,39,42-43,46H,3-11,13,15-17,19,21-36,38,40-41H2,1-2H3,(H,45,47)(H,48,49,50)/b14-12-,20-18-,39-37+. The third-order valence-corrected chi connectivity index (χ3v) is 10.6. The van der Waals surface area contributed by atoms with Crippen LogP contribution in [-0.4, -0.2) is 41.9 Å². The van der Waals surface area contributed by atoms with Crippen molar-refractivity contribution in [1.29, 1.82) is 0 Å². The van der Waals surface area contributed by atoms with E-state index in [4.69, 9.17) is 0 Å². The maximum Gasteiger partial charge on any atom is 0.267 e. The van der Waals surface area contributed by atoms with Crippen LogP contribution < -0.4 is 5.32 Å². The maximum absolute atomic E-state index is 12.5. The lowest BCUT2D eigenvalue weighted by Gasteiger charge is -2.21. The Labute approximate surface area is 316 Å². The van der Waals surface area contributed by atoms with Crippen LogP contribution >= 0.6 is 0 Å². The van der Waals surface area contributed by atoms with E-state index in [0.29, 0.717) is 0 Å². The van der Waals surface area contributed by atoms with Crippen molar-refractivity contribution in [2.24, 2.45) is 0 Å². The number of hydrogen-bond acceptors (Lipinski definition) is 4. The number of aliphatic hydroxyl groups excluding tert-OH is 1. The van der Waals surface area contributed by atoms with Crippen molar-refractivity contribution >= 4 is 16.0 Å². The Balaban J connectivity index is 3.90. The Morgan fingerprint density at radius 1 is 0.529 bits per heavy atom. The zero-order valence-corrected chi connectivity index (χ0v) is 34.3. The quantitative estimate of drug-likeness (QED) is 0.0331. The summed E-state index contributed by atoms with van der Waals surface area (Å²) in [5, 5.41) is 13.2. The van der Waals surface area contributed by atoms with Gasteiger partial charge in [0.15, 0.2) is 0 Å². The molecule has 0 fully saturated rings. The smallest absolute Gasteiger partial charge is 0.267 e. The van der Waals surface area contributed by atoms with Crippen LogP contribution in [-0.2, 0) is 14.9 Å². The molecular weight excluding hydrogens is 655 g/mol. The zero-order chi connectivity index (χ0) is 37.5. The van der Waals surface area contributed by atoms with Gasteiger partial charge in [0.25, 0.3) is 10.1 Å². The van der Waals surface area contributed by atoms with Gasteiger partial charge in [-0.15, -0.1) is 0 Å². The van der Waals surface area contributed by atoms with Crippen LogP contribution in [0.3, 0.4) is 0 Å². The van der Waals surface area contributed by atoms with Crippen molar-refractivity contribution in [2.75, 3.05) is 5.75 Å². The van der Waals surface area contributed by atoms with Gasteiger partial charge in [-0.2, -0.15) is 8.42 Å². The lowest BCUT2D eigenvalue weighted by Crippen LogP contribution is -2.46. The molecule has 0 aliphatic rings. The number of unbranched alkanes of at least 4 members (excludes halogenated alkanes) is 27. The summed E-state index contributed by atoms with van der Waals surface area (Å²) >= 11 is 0. The third-order valence-electron chi connectivity index (χ3n) is 9.81. The van der Waals surface area contributed by atoms with Crippen LogP contribution in [0.2, 0.25) is 0 Å². The molecule has 1 amide bonds. The molecule has 300 valence electrons. The summed E-state index contributed by atoms with van der Waals surface area (Å²) in [7, 11) is -4.35. The molecule has 0 aromatic rings. The fourth-order valence-electron chi connectivity index (χ4n) is 6.54. The molecule has 0 aliphatic carbocycles. The molecule has 0 rings (SSSR count). The van der Waals surface area contributed by atoms with Crippen LogP contribution in [0.25, 0.3) is 0 Å². The molecule has 3 N–H and O–H groups in total. The number of carbonyl (C=O) groups excluding carboxylic acids is 1. The largest absolute Gasteiger partial charge is 0.387 e. The van der Waals surface area contributed by atoms with E-state index in [0.717, 1.165) is 57.8 Å². The molecule has 7 heteroatoms. The average molecular weight is 738 g/mol. The summed E-state index contributed by atoms with van der Waals surface area (Å²) in [6, 6.07) is -1.06. The highest BCUT2D eigenvalue weighted by atomic mass is 32.2. The number of allylic oxidation sites excluding steroid dienone is 5. The molecule has 0 radical (unpaired) electrons. The SMILES string of the molecule is CCCCC/C=C\C/C=C\CCCCCCCCCC(=O)NC(CS(=O)(=O)O)C(O)/C=C/CCCCCCCCCCCCCCCCCCC. The van der Waals surface area contributed by atoms with Gasteiger partial charge < -0.3 is 10.4 Å². The minimum Gasteiger partial charge on any atom is -0.387 e. The number of amides is 1. The second kappa shape index (κ2) is 38.3. The second-order valence-corrected chi connectivity index (χ2v) is 16.5. The molecule has 0 saturated carbocycles. The molecule has 2 atom stereocenters. The first kappa shape index (κ1) is 49.6. The zero-order valence-electron chi connectivity index (χ0n) is 33.5. The highest BCUT2D eigenvalue weighted by Gasteiger charge is 2.24. The monoisotopic (exact) mass is 738 g/mol. The Morgan fingerprint density at radius 3 is 1.31 bits per heavy atom. The van der Waals surface area contributed by atoms with Crippen molar-refractivity contribution in [3.63, 3.8) is 0 Å². The van der Waals surface area contributed by atoms with E-state index >= 15 is 0 Å². The van der Waals surface area contributed by atoms with E-state index in [1.54, 1.807) is 6.08 Å². The minimum atomic E-state index is -4.35. The fourth-order valence-corrected chi connectivity index (χ4v) is 7.27. The maximum atomic E-state index is 12.5. The van der Waals surface area contributed by atoms with E-state index in [2.05, 4.69) is 43.5 Å². The summed E-state index contributed by atoms with van der Waals surface area (Å²) in [5.74, 6) is -0.985. The van der Waals surface area contributed by atoms with Crippen LogP contribution in [0.4, 0.5) is 0 Å². The van der Waals surface area contributed by atoms with E-state index in [9.17, 15) is 22.9 Å². The van der Waals surface area contributed by atoms with E-state index in [1.807, 2.05) is 6.08 Å². The molecule has 2 unspecified atom stereocenters. The van der Waals surface area contributed by atoms with Gasteiger partial charge in [0, 0.05) is 6.42 Å².